The van der Waals surface area contributed by atoms with Crippen molar-refractivity contribution in [2.24, 2.45) is 0 Å². The number of aryl methyl sites for hydroxylation is 2. The minimum Gasteiger partial charge on any atom is -0.497 e. The van der Waals surface area contributed by atoms with E-state index in [0.717, 1.165) is 22.4 Å². The fourth-order valence-electron chi connectivity index (χ4n) is 3.23. The number of anilines is 2. The number of amides is 2. The Morgan fingerprint density at radius 2 is 1.71 bits per heavy atom. The van der Waals surface area contributed by atoms with E-state index in [1.165, 1.54) is 5.56 Å². The lowest BCUT2D eigenvalue weighted by molar-refractivity contribution is 0.262. The summed E-state index contributed by atoms with van der Waals surface area (Å²) in [6.07, 6.45) is 1.67. The van der Waals surface area contributed by atoms with E-state index in [4.69, 9.17) is 9.15 Å². The number of aromatic nitrogens is 1. The Bertz CT molecular complexity index is 1210. The predicted octanol–water partition coefficient (Wildman–Crippen LogP) is 6.28. The molecule has 2 amide bonds. The molecule has 3 aromatic carbocycles. The molecule has 6 heteroatoms. The van der Waals surface area contributed by atoms with Crippen molar-refractivity contribution in [2.45, 2.75) is 13.8 Å². The first-order valence-corrected chi connectivity index (χ1v) is 9.87. The van der Waals surface area contributed by atoms with E-state index >= 15 is 0 Å². The van der Waals surface area contributed by atoms with Crippen LogP contribution >= 0.6 is 0 Å². The van der Waals surface area contributed by atoms with Crippen LogP contribution in [0.2, 0.25) is 0 Å². The number of urea groups is 1. The maximum atomic E-state index is 12.3. The summed E-state index contributed by atoms with van der Waals surface area (Å²) in [5, 5.41) is 5.59. The summed E-state index contributed by atoms with van der Waals surface area (Å²) < 4.78 is 10.9. The Labute approximate surface area is 180 Å². The molecule has 6 nitrogen and oxygen atoms in total. The van der Waals surface area contributed by atoms with Gasteiger partial charge in [0.15, 0.2) is 0 Å². The lowest BCUT2D eigenvalue weighted by Crippen LogP contribution is -2.19. The zero-order chi connectivity index (χ0) is 21.8. The molecule has 2 N–H and O–H groups in total. The smallest absolute Gasteiger partial charge is 0.323 e. The molecule has 0 bridgehead atoms. The van der Waals surface area contributed by atoms with Gasteiger partial charge in [0.05, 0.1) is 7.11 Å². The van der Waals surface area contributed by atoms with Crippen LogP contribution in [0, 0.1) is 13.8 Å². The first kappa shape index (κ1) is 20.2. The van der Waals surface area contributed by atoms with E-state index in [2.05, 4.69) is 47.7 Å². The zero-order valence-corrected chi connectivity index (χ0v) is 17.6. The monoisotopic (exact) mass is 413 g/mol. The number of methoxy groups -OCH3 is 1. The van der Waals surface area contributed by atoms with Gasteiger partial charge in [0.1, 0.15) is 17.7 Å². The largest absolute Gasteiger partial charge is 0.497 e. The molecule has 156 valence electrons. The van der Waals surface area contributed by atoms with Crippen LogP contribution in [0.25, 0.3) is 22.7 Å². The normalized spacial score (nSPS) is 10.5. The topological polar surface area (TPSA) is 76.4 Å². The summed E-state index contributed by atoms with van der Waals surface area (Å²) in [6, 6.07) is 20.4. The van der Waals surface area contributed by atoms with Crippen LogP contribution in [0.1, 0.15) is 11.1 Å². The second-order valence-electron chi connectivity index (χ2n) is 7.24. The number of ether oxygens (including phenoxy) is 1. The highest BCUT2D eigenvalue weighted by molar-refractivity contribution is 5.99. The Balaban J connectivity index is 1.44. The molecule has 0 spiro atoms. The molecule has 0 atom stereocenters. The third-order valence-electron chi connectivity index (χ3n) is 4.89. The SMILES string of the molecule is COc1cccc(NC(=O)Nc2ccc(-c3nc(-c4cc(C)ccc4C)co3)cc2)c1. The first-order valence-electron chi connectivity index (χ1n) is 9.87. The number of oxazole rings is 1. The summed E-state index contributed by atoms with van der Waals surface area (Å²) in [5.74, 6) is 1.21. The molecule has 0 aliphatic carbocycles. The number of carbonyl (C=O) groups excluding carboxylic acids is 1. The number of nitrogens with zero attached hydrogens (tertiary/aromatic N) is 1. The highest BCUT2D eigenvalue weighted by Crippen LogP contribution is 2.28. The van der Waals surface area contributed by atoms with Crippen molar-refractivity contribution in [2.75, 3.05) is 17.7 Å². The molecule has 0 saturated carbocycles. The number of carbonyl (C=O) groups is 1. The van der Waals surface area contributed by atoms with Gasteiger partial charge in [-0.25, -0.2) is 9.78 Å². The van der Waals surface area contributed by atoms with Crippen molar-refractivity contribution in [3.05, 3.63) is 84.1 Å². The van der Waals surface area contributed by atoms with Gasteiger partial charge in [-0.15, -0.1) is 0 Å². The van der Waals surface area contributed by atoms with Gasteiger partial charge in [0.25, 0.3) is 0 Å². The minimum absolute atomic E-state index is 0.339. The molecule has 0 aliphatic heterocycles. The number of hydrogen-bond acceptors (Lipinski definition) is 4. The molecular weight excluding hydrogens is 390 g/mol. The van der Waals surface area contributed by atoms with E-state index in [0.29, 0.717) is 23.0 Å². The quantitative estimate of drug-likeness (QED) is 0.404. The van der Waals surface area contributed by atoms with Gasteiger partial charge in [-0.05, 0) is 61.9 Å². The lowest BCUT2D eigenvalue weighted by Gasteiger charge is -2.09. The van der Waals surface area contributed by atoms with E-state index in [1.807, 2.05) is 36.4 Å². The molecule has 0 radical (unpaired) electrons. The summed E-state index contributed by atoms with van der Waals surface area (Å²) >= 11 is 0. The summed E-state index contributed by atoms with van der Waals surface area (Å²) in [5.41, 5.74) is 6.31. The number of rotatable bonds is 5. The van der Waals surface area contributed by atoms with E-state index < -0.39 is 0 Å². The minimum atomic E-state index is -0.339. The molecule has 0 unspecified atom stereocenters. The van der Waals surface area contributed by atoms with E-state index in [1.54, 1.807) is 25.5 Å². The van der Waals surface area contributed by atoms with Crippen LogP contribution < -0.4 is 15.4 Å². The molecule has 0 saturated heterocycles. The fourth-order valence-corrected chi connectivity index (χ4v) is 3.23. The average Bonchev–Trinajstić information content (AvgIpc) is 3.26. The Hall–Kier alpha value is -4.06. The number of hydrogen-bond donors (Lipinski definition) is 2. The Morgan fingerprint density at radius 3 is 2.48 bits per heavy atom. The molecule has 4 aromatic rings. The van der Waals surface area contributed by atoms with Crippen molar-refractivity contribution >= 4 is 17.4 Å². The highest BCUT2D eigenvalue weighted by Gasteiger charge is 2.11. The highest BCUT2D eigenvalue weighted by atomic mass is 16.5. The van der Waals surface area contributed by atoms with Gasteiger partial charge < -0.3 is 19.8 Å². The average molecular weight is 413 g/mol. The fraction of sp³-hybridized carbons (Fsp3) is 0.120. The predicted molar refractivity (Wildman–Crippen MR) is 122 cm³/mol. The summed E-state index contributed by atoms with van der Waals surface area (Å²) in [6.45, 7) is 4.11. The Kier molecular flexibility index (Phi) is 5.71. The maximum absolute atomic E-state index is 12.3. The molecule has 31 heavy (non-hydrogen) atoms. The van der Waals surface area contributed by atoms with Crippen molar-refractivity contribution in [1.29, 1.82) is 0 Å². The van der Waals surface area contributed by atoms with Crippen molar-refractivity contribution in [1.82, 2.24) is 4.98 Å². The molecular formula is C25H23N3O3. The summed E-state index contributed by atoms with van der Waals surface area (Å²) in [4.78, 5) is 16.9. The molecule has 1 aromatic heterocycles. The van der Waals surface area contributed by atoms with Gasteiger partial charge >= 0.3 is 6.03 Å². The molecule has 0 fully saturated rings. The molecule has 0 aliphatic rings. The number of nitrogens with one attached hydrogen (secondary N) is 2. The van der Waals surface area contributed by atoms with E-state index in [9.17, 15) is 4.79 Å². The van der Waals surface area contributed by atoms with Gasteiger partial charge in [-0.3, -0.25) is 0 Å². The zero-order valence-electron chi connectivity index (χ0n) is 17.6. The van der Waals surface area contributed by atoms with Gasteiger partial charge in [0.2, 0.25) is 5.89 Å². The van der Waals surface area contributed by atoms with Crippen LogP contribution in [-0.2, 0) is 0 Å². The molecule has 1 heterocycles. The van der Waals surface area contributed by atoms with Crippen molar-refractivity contribution < 1.29 is 13.9 Å². The van der Waals surface area contributed by atoms with Gasteiger partial charge in [-0.1, -0.05) is 23.8 Å². The third-order valence-corrected chi connectivity index (χ3v) is 4.89. The maximum Gasteiger partial charge on any atom is 0.323 e. The lowest BCUT2D eigenvalue weighted by atomic mass is 10.0. The second kappa shape index (κ2) is 8.75. The second-order valence-corrected chi connectivity index (χ2v) is 7.24. The first-order chi connectivity index (χ1) is 15.0. The summed E-state index contributed by atoms with van der Waals surface area (Å²) in [7, 11) is 1.58. The van der Waals surface area contributed by atoms with Crippen molar-refractivity contribution in [3.8, 4) is 28.5 Å². The molecule has 4 rings (SSSR count). The van der Waals surface area contributed by atoms with Crippen LogP contribution in [0.15, 0.2) is 77.4 Å². The van der Waals surface area contributed by atoms with Gasteiger partial charge in [-0.2, -0.15) is 0 Å². The Morgan fingerprint density at radius 1 is 0.935 bits per heavy atom. The van der Waals surface area contributed by atoms with Crippen molar-refractivity contribution in [3.63, 3.8) is 0 Å². The number of benzene rings is 3. The van der Waals surface area contributed by atoms with Crippen LogP contribution in [0.4, 0.5) is 16.2 Å². The van der Waals surface area contributed by atoms with Gasteiger partial charge in [0, 0.05) is 28.6 Å². The van der Waals surface area contributed by atoms with Crippen LogP contribution in [0.3, 0.4) is 0 Å². The van der Waals surface area contributed by atoms with E-state index in [-0.39, 0.29) is 6.03 Å². The standard InChI is InChI=1S/C25H23N3O3/c1-16-7-8-17(2)22(13-16)23-15-31-24(28-23)18-9-11-19(12-10-18)26-25(29)27-20-5-4-6-21(14-20)30-3/h4-15H,1-3H3,(H2,26,27,29). The van der Waals surface area contributed by atoms with Crippen LogP contribution in [0.5, 0.6) is 5.75 Å². The van der Waals surface area contributed by atoms with Crippen LogP contribution in [-0.4, -0.2) is 18.1 Å². The third kappa shape index (κ3) is 4.75.